The summed E-state index contributed by atoms with van der Waals surface area (Å²) in [6.07, 6.45) is 1.40. The van der Waals surface area contributed by atoms with Crippen LogP contribution in [-0.2, 0) is 34.7 Å². The average Bonchev–Trinajstić information content (AvgIpc) is 2.71. The Morgan fingerprint density at radius 3 is 2.50 bits per heavy atom. The SMILES string of the molecule is B[C@H]1C[C@H](/C=C/P(=O)(O)OC)[C@@H](OP(O)(=S)OCC)[C@H]1OC. The summed E-state index contributed by atoms with van der Waals surface area (Å²) in [5.41, 5.74) is 0. The second kappa shape index (κ2) is 8.52. The number of ether oxygens (including phenoxy) is 1. The van der Waals surface area contributed by atoms with E-state index in [-0.39, 0.29) is 24.4 Å². The molecule has 1 aliphatic rings. The Hall–Kier alpha value is 0.445. The van der Waals surface area contributed by atoms with Crippen LogP contribution in [0.1, 0.15) is 13.3 Å². The van der Waals surface area contributed by atoms with E-state index >= 15 is 0 Å². The first-order valence-electron chi connectivity index (χ1n) is 6.92. The average molecular weight is 372 g/mol. The Kier molecular flexibility index (Phi) is 7.93. The van der Waals surface area contributed by atoms with Gasteiger partial charge in [-0.3, -0.25) is 4.57 Å². The molecule has 0 aromatic rings. The van der Waals surface area contributed by atoms with E-state index in [0.717, 1.165) is 12.9 Å². The van der Waals surface area contributed by atoms with Crippen LogP contribution in [0.5, 0.6) is 0 Å². The third-order valence-corrected chi connectivity index (χ3v) is 6.29. The molecule has 1 saturated carbocycles. The van der Waals surface area contributed by atoms with E-state index in [4.69, 9.17) is 25.6 Å². The lowest BCUT2D eigenvalue weighted by Gasteiger charge is -2.27. The van der Waals surface area contributed by atoms with Crippen molar-refractivity contribution in [2.24, 2.45) is 5.92 Å². The molecular weight excluding hydrogens is 349 g/mol. The highest BCUT2D eigenvalue weighted by atomic mass is 32.5. The fraction of sp³-hybridized carbons (Fsp3) is 0.818. The van der Waals surface area contributed by atoms with Gasteiger partial charge in [0.05, 0.1) is 18.8 Å². The zero-order valence-electron chi connectivity index (χ0n) is 13.1. The Balaban J connectivity index is 2.94. The maximum absolute atomic E-state index is 11.6. The van der Waals surface area contributed by atoms with Crippen molar-refractivity contribution in [3.05, 3.63) is 11.9 Å². The summed E-state index contributed by atoms with van der Waals surface area (Å²) in [7, 11) is 0.946. The van der Waals surface area contributed by atoms with Gasteiger partial charge in [0, 0.05) is 26.0 Å². The predicted octanol–water partition coefficient (Wildman–Crippen LogP) is 1.43. The first kappa shape index (κ1) is 20.5. The molecule has 1 rings (SSSR count). The van der Waals surface area contributed by atoms with Crippen LogP contribution < -0.4 is 0 Å². The third kappa shape index (κ3) is 5.82. The van der Waals surface area contributed by atoms with Crippen LogP contribution in [0.15, 0.2) is 11.9 Å². The van der Waals surface area contributed by atoms with E-state index in [2.05, 4.69) is 4.52 Å². The number of hydrogen-bond donors (Lipinski definition) is 2. The van der Waals surface area contributed by atoms with Gasteiger partial charge in [-0.2, -0.15) is 0 Å². The van der Waals surface area contributed by atoms with E-state index in [0.29, 0.717) is 6.42 Å². The van der Waals surface area contributed by atoms with Gasteiger partial charge < -0.3 is 28.1 Å². The summed E-state index contributed by atoms with van der Waals surface area (Å²) in [6, 6.07) is 0. The number of rotatable bonds is 8. The largest absolute Gasteiger partial charge is 0.379 e. The van der Waals surface area contributed by atoms with Crippen LogP contribution >= 0.6 is 14.3 Å². The van der Waals surface area contributed by atoms with Gasteiger partial charge in [-0.1, -0.05) is 6.08 Å². The van der Waals surface area contributed by atoms with Gasteiger partial charge in [-0.15, -0.1) is 0 Å². The molecule has 0 saturated heterocycles. The standard InChI is InChI=1S/C11H23BO7P2S/c1-4-18-21(15,22)19-10-8(5-6-20(13,14)17-3)7-9(12)11(10)16-2/h5-6,8-11H,4,7,12H2,1-3H3,(H,13,14)(H,15,22)/b6-5+/t8-,9-,10+,11-,21?/m0/s1. The lowest BCUT2D eigenvalue weighted by atomic mass is 9.83. The summed E-state index contributed by atoms with van der Waals surface area (Å²) in [6.45, 7) is -1.42. The van der Waals surface area contributed by atoms with E-state index < -0.39 is 20.4 Å². The van der Waals surface area contributed by atoms with E-state index in [1.165, 1.54) is 0 Å². The van der Waals surface area contributed by atoms with Gasteiger partial charge in [0.25, 0.3) is 0 Å². The molecule has 0 bridgehead atoms. The molecule has 128 valence electrons. The van der Waals surface area contributed by atoms with Crippen molar-refractivity contribution in [2.45, 2.75) is 31.4 Å². The molecule has 0 amide bonds. The Bertz CT molecular complexity index is 489. The van der Waals surface area contributed by atoms with Crippen molar-refractivity contribution in [1.29, 1.82) is 0 Å². The van der Waals surface area contributed by atoms with E-state index in [1.54, 1.807) is 20.1 Å². The van der Waals surface area contributed by atoms with Gasteiger partial charge >= 0.3 is 14.3 Å². The molecule has 0 heterocycles. The zero-order chi connectivity index (χ0) is 17.0. The van der Waals surface area contributed by atoms with Gasteiger partial charge in [-0.25, -0.2) is 0 Å². The summed E-state index contributed by atoms with van der Waals surface area (Å²) in [4.78, 5) is 19.5. The topological polar surface area (TPSA) is 94.5 Å². The molecule has 0 aromatic heterocycles. The first-order valence-corrected chi connectivity index (χ1v) is 11.2. The minimum atomic E-state index is -3.75. The van der Waals surface area contributed by atoms with E-state index in [9.17, 15) is 14.4 Å². The third-order valence-electron chi connectivity index (χ3n) is 3.55. The monoisotopic (exact) mass is 372 g/mol. The van der Waals surface area contributed by atoms with Crippen molar-refractivity contribution >= 4 is 34.0 Å². The second-order valence-electron chi connectivity index (χ2n) is 5.12. The van der Waals surface area contributed by atoms with Crippen molar-refractivity contribution in [2.75, 3.05) is 20.8 Å². The highest BCUT2D eigenvalue weighted by Crippen LogP contribution is 2.52. The van der Waals surface area contributed by atoms with Crippen LogP contribution in [-0.4, -0.2) is 50.7 Å². The van der Waals surface area contributed by atoms with Crippen LogP contribution in [0, 0.1) is 5.92 Å². The molecular formula is C11H23BO7P2S. The zero-order valence-corrected chi connectivity index (χ0v) is 15.7. The fourth-order valence-corrected chi connectivity index (χ4v) is 4.73. The molecule has 2 unspecified atom stereocenters. The maximum Gasteiger partial charge on any atom is 0.351 e. The highest BCUT2D eigenvalue weighted by molar-refractivity contribution is 8.07. The maximum atomic E-state index is 11.6. The van der Waals surface area contributed by atoms with Gasteiger partial charge in [-0.05, 0) is 31.0 Å². The lowest BCUT2D eigenvalue weighted by Crippen LogP contribution is -2.30. The Morgan fingerprint density at radius 2 is 2.00 bits per heavy atom. The molecule has 6 atom stereocenters. The molecule has 1 aliphatic carbocycles. The first-order chi connectivity index (χ1) is 10.2. The van der Waals surface area contributed by atoms with Gasteiger partial charge in [0.1, 0.15) is 7.85 Å². The van der Waals surface area contributed by atoms with Crippen LogP contribution in [0.3, 0.4) is 0 Å². The molecule has 2 N–H and O–H groups in total. The summed E-state index contributed by atoms with van der Waals surface area (Å²) < 4.78 is 32.2. The van der Waals surface area contributed by atoms with Gasteiger partial charge in [0.2, 0.25) is 0 Å². The molecule has 7 nitrogen and oxygen atoms in total. The van der Waals surface area contributed by atoms with Gasteiger partial charge in [0.15, 0.2) is 0 Å². The minimum absolute atomic E-state index is 0.141. The normalized spacial score (nSPS) is 34.6. The van der Waals surface area contributed by atoms with E-state index in [1.807, 2.05) is 7.85 Å². The number of methoxy groups -OCH3 is 1. The predicted molar refractivity (Wildman–Crippen MR) is 90.2 cm³/mol. The second-order valence-corrected chi connectivity index (χ2v) is 9.70. The summed E-state index contributed by atoms with van der Waals surface area (Å²) >= 11 is 4.97. The van der Waals surface area contributed by atoms with Crippen LogP contribution in [0.25, 0.3) is 0 Å². The summed E-state index contributed by atoms with van der Waals surface area (Å²) in [5, 5.41) is 0. The Labute approximate surface area is 137 Å². The number of hydrogen-bond acceptors (Lipinski definition) is 6. The quantitative estimate of drug-likeness (QED) is 0.488. The Morgan fingerprint density at radius 1 is 1.36 bits per heavy atom. The van der Waals surface area contributed by atoms with Crippen molar-refractivity contribution in [3.8, 4) is 0 Å². The van der Waals surface area contributed by atoms with Crippen molar-refractivity contribution in [1.82, 2.24) is 0 Å². The molecule has 1 fully saturated rings. The molecule has 0 radical (unpaired) electrons. The minimum Gasteiger partial charge on any atom is -0.379 e. The van der Waals surface area contributed by atoms with Crippen molar-refractivity contribution in [3.63, 3.8) is 0 Å². The molecule has 0 aliphatic heterocycles. The lowest BCUT2D eigenvalue weighted by molar-refractivity contribution is 0.00384. The van der Waals surface area contributed by atoms with Crippen LogP contribution in [0.4, 0.5) is 0 Å². The van der Waals surface area contributed by atoms with Crippen LogP contribution in [0.2, 0.25) is 5.82 Å². The highest BCUT2D eigenvalue weighted by Gasteiger charge is 2.43. The molecule has 0 spiro atoms. The van der Waals surface area contributed by atoms with Crippen molar-refractivity contribution < 1.29 is 32.7 Å². The molecule has 22 heavy (non-hydrogen) atoms. The smallest absolute Gasteiger partial charge is 0.351 e. The summed E-state index contributed by atoms with van der Waals surface area (Å²) in [5.74, 6) is 1.03. The molecule has 11 heteroatoms. The molecule has 0 aromatic carbocycles. The fourth-order valence-electron chi connectivity index (χ4n) is 2.59.